The Labute approximate surface area is 250 Å². The first kappa shape index (κ1) is 37.4. The molecule has 1 aromatic heterocycles. The predicted octanol–water partition coefficient (Wildman–Crippen LogP) is 0.736. The lowest BCUT2D eigenvalue weighted by molar-refractivity contribution is -0.278. The van der Waals surface area contributed by atoms with Gasteiger partial charge in [0.25, 0.3) is 0 Å². The maximum Gasteiger partial charge on any atom is 0.238 e. The van der Waals surface area contributed by atoms with Crippen LogP contribution in [0.15, 0.2) is 18.2 Å². The zero-order valence-electron chi connectivity index (χ0n) is 24.5. The van der Waals surface area contributed by atoms with Crippen molar-refractivity contribution in [2.75, 3.05) is 26.3 Å². The van der Waals surface area contributed by atoms with E-state index in [1.54, 1.807) is 13.8 Å². The zero-order valence-corrected chi connectivity index (χ0v) is 24.5. The monoisotopic (exact) mass is 591 g/mol. The Bertz CT molecular complexity index is 1130. The van der Waals surface area contributed by atoms with E-state index in [1.165, 1.54) is 0 Å². The number of nitrogens with one attached hydrogen (secondary N) is 2. The van der Waals surface area contributed by atoms with Gasteiger partial charge in [-0.25, -0.2) is 0 Å². The number of nitrogens with zero attached hydrogens (tertiary/aromatic N) is 1. The van der Waals surface area contributed by atoms with Crippen LogP contribution in [0.1, 0.15) is 69.8 Å². The van der Waals surface area contributed by atoms with Crippen LogP contribution in [0, 0.1) is 12.3 Å². The molecule has 13 heteroatoms. The molecule has 5 atom stereocenters. The molecule has 2 aromatic rings. The van der Waals surface area contributed by atoms with Crippen molar-refractivity contribution in [1.82, 2.24) is 15.5 Å². The van der Waals surface area contributed by atoms with Crippen molar-refractivity contribution in [3.8, 4) is 11.6 Å². The van der Waals surface area contributed by atoms with Crippen molar-refractivity contribution in [2.24, 2.45) is 11.1 Å². The quantitative estimate of drug-likeness (QED) is 0.122. The molecule has 1 amide bonds. The van der Waals surface area contributed by atoms with E-state index < -0.39 is 42.7 Å². The number of carbonyl (C=O) groups excluding carboxylic acids is 1. The molecule has 2 unspecified atom stereocenters. The number of primary amides is 1. The van der Waals surface area contributed by atoms with E-state index >= 15 is 0 Å². The third-order valence-electron chi connectivity index (χ3n) is 7.20. The molecule has 1 aliphatic heterocycles. The van der Waals surface area contributed by atoms with Crippen molar-refractivity contribution in [3.05, 3.63) is 40.6 Å². The summed E-state index contributed by atoms with van der Waals surface area (Å²) >= 11 is 0. The largest absolute Gasteiger partial charge is 0.494 e. The number of amides is 1. The minimum absolute atomic E-state index is 0. The number of rotatable bonds is 14. The highest BCUT2D eigenvalue weighted by atomic mass is 16.7. The Hall–Kier alpha value is -2.68. The molecule has 2 heterocycles. The van der Waals surface area contributed by atoms with Gasteiger partial charge in [-0.15, -0.1) is 5.10 Å². The van der Waals surface area contributed by atoms with Crippen LogP contribution in [-0.4, -0.2) is 102 Å². The van der Waals surface area contributed by atoms with Crippen LogP contribution in [0.3, 0.4) is 0 Å². The van der Waals surface area contributed by atoms with Gasteiger partial charge in [0, 0.05) is 32.6 Å². The number of carbonyl (C=O) groups is 1. The number of aryl methyl sites for hydroxylation is 1. The summed E-state index contributed by atoms with van der Waals surface area (Å²) in [5.41, 5.74) is 8.45. The Kier molecular flexibility index (Phi) is 14.4. The van der Waals surface area contributed by atoms with Gasteiger partial charge in [-0.05, 0) is 62.9 Å². The van der Waals surface area contributed by atoms with E-state index in [2.05, 4.69) is 15.5 Å². The SMILES string of the molecule is C.Cc1cc(OCCCNCC(C)(C)C(N)=O)ccc1Cc1c(O[C@@H]2OC(CO)[C@@H](O)[C@@H](O)C2O)n[nH]c1C(C)C.[B]. The Morgan fingerprint density at radius 2 is 1.90 bits per heavy atom. The minimum atomic E-state index is -1.55. The molecule has 235 valence electrons. The first-order chi connectivity index (χ1) is 18.9. The molecule has 42 heavy (non-hydrogen) atoms. The molecule has 3 rings (SSSR count). The number of hydrogen-bond donors (Lipinski definition) is 7. The summed E-state index contributed by atoms with van der Waals surface area (Å²) < 4.78 is 17.3. The molecular weight excluding hydrogens is 543 g/mol. The molecular formula is C29H48BN4O8. The van der Waals surface area contributed by atoms with Crippen LogP contribution in [0.4, 0.5) is 0 Å². The van der Waals surface area contributed by atoms with E-state index in [1.807, 2.05) is 39.0 Å². The fourth-order valence-corrected chi connectivity index (χ4v) is 4.40. The maximum atomic E-state index is 11.4. The second-order valence-corrected chi connectivity index (χ2v) is 11.3. The van der Waals surface area contributed by atoms with Gasteiger partial charge in [0.2, 0.25) is 18.1 Å². The average molecular weight is 592 g/mol. The number of benzene rings is 1. The van der Waals surface area contributed by atoms with Crippen molar-refractivity contribution in [2.45, 2.75) is 91.5 Å². The summed E-state index contributed by atoms with van der Waals surface area (Å²) in [4.78, 5) is 11.4. The summed E-state index contributed by atoms with van der Waals surface area (Å²) in [6.45, 7) is 10.8. The van der Waals surface area contributed by atoms with E-state index in [0.29, 0.717) is 26.1 Å². The highest BCUT2D eigenvalue weighted by molar-refractivity contribution is 5.80. The fourth-order valence-electron chi connectivity index (χ4n) is 4.40. The van der Waals surface area contributed by atoms with Crippen molar-refractivity contribution >= 4 is 14.3 Å². The molecule has 0 bridgehead atoms. The molecule has 8 N–H and O–H groups in total. The van der Waals surface area contributed by atoms with Gasteiger partial charge < -0.3 is 45.7 Å². The molecule has 12 nitrogen and oxygen atoms in total. The minimum Gasteiger partial charge on any atom is -0.494 e. The lowest BCUT2D eigenvalue weighted by atomic mass is 9.93. The van der Waals surface area contributed by atoms with E-state index in [9.17, 15) is 25.2 Å². The van der Waals surface area contributed by atoms with Crippen LogP contribution in [-0.2, 0) is 16.0 Å². The first-order valence-electron chi connectivity index (χ1n) is 13.6. The summed E-state index contributed by atoms with van der Waals surface area (Å²) in [5.74, 6) is 0.711. The van der Waals surface area contributed by atoms with E-state index in [-0.39, 0.29) is 33.5 Å². The van der Waals surface area contributed by atoms with Crippen LogP contribution in [0.25, 0.3) is 0 Å². The standard InChI is InChI=1S/C28H44N4O8.CH4.B/c1-15(2)21-19(25(32-31-21)40-26-24(36)23(35)22(34)20(13-33)39-26)12-17-7-8-18(11-16(17)3)38-10-6-9-30-14-28(4,5)27(29)37;;/h7-8,11,15,20,22-24,26,30,33-36H,6,9-10,12-14H2,1-5H3,(H2,29,37)(H,31,32);1H4;/t20?,22-,23-,24?,26+;;/m1../s1. The number of H-pyrrole nitrogens is 1. The van der Waals surface area contributed by atoms with Crippen molar-refractivity contribution in [3.63, 3.8) is 0 Å². The Balaban J connectivity index is 0.00000441. The molecule has 1 fully saturated rings. The molecule has 0 spiro atoms. The smallest absolute Gasteiger partial charge is 0.238 e. The molecule has 1 saturated heterocycles. The molecule has 3 radical (unpaired) electrons. The summed E-state index contributed by atoms with van der Waals surface area (Å²) in [7, 11) is 0. The summed E-state index contributed by atoms with van der Waals surface area (Å²) in [5, 5.41) is 50.6. The third-order valence-corrected chi connectivity index (χ3v) is 7.20. The fraction of sp³-hybridized carbons (Fsp3) is 0.655. The van der Waals surface area contributed by atoms with Gasteiger partial charge in [0.05, 0.1) is 18.6 Å². The number of nitrogens with two attached hydrogens (primary N) is 1. The van der Waals surface area contributed by atoms with Crippen LogP contribution < -0.4 is 20.5 Å². The molecule has 0 saturated carbocycles. The summed E-state index contributed by atoms with van der Waals surface area (Å²) in [6.07, 6.45) is -5.72. The zero-order chi connectivity index (χ0) is 29.6. The van der Waals surface area contributed by atoms with Gasteiger partial charge in [-0.3, -0.25) is 9.89 Å². The summed E-state index contributed by atoms with van der Waals surface area (Å²) in [6, 6.07) is 5.85. The van der Waals surface area contributed by atoms with Crippen LogP contribution >= 0.6 is 0 Å². The third kappa shape index (κ3) is 9.16. The van der Waals surface area contributed by atoms with Gasteiger partial charge >= 0.3 is 0 Å². The van der Waals surface area contributed by atoms with Crippen molar-refractivity contribution < 1.29 is 39.4 Å². The van der Waals surface area contributed by atoms with Crippen molar-refractivity contribution in [1.29, 1.82) is 0 Å². The number of hydrogen-bond acceptors (Lipinski definition) is 10. The van der Waals surface area contributed by atoms with Gasteiger partial charge in [0.15, 0.2) is 0 Å². The second kappa shape index (κ2) is 16.2. The maximum absolute atomic E-state index is 11.4. The Morgan fingerprint density at radius 3 is 2.50 bits per heavy atom. The highest BCUT2D eigenvalue weighted by Gasteiger charge is 2.45. The highest BCUT2D eigenvalue weighted by Crippen LogP contribution is 2.32. The molecule has 1 aliphatic rings. The normalized spacial score (nSPS) is 22.3. The van der Waals surface area contributed by atoms with E-state index in [0.717, 1.165) is 34.6 Å². The number of aromatic nitrogens is 2. The topological polar surface area (TPSA) is 192 Å². The Morgan fingerprint density at radius 1 is 1.21 bits per heavy atom. The predicted molar refractivity (Wildman–Crippen MR) is 159 cm³/mol. The van der Waals surface area contributed by atoms with E-state index in [4.69, 9.17) is 19.9 Å². The lowest BCUT2D eigenvalue weighted by Crippen LogP contribution is -2.60. The molecule has 0 aliphatic carbocycles. The van der Waals surface area contributed by atoms with Gasteiger partial charge in [0.1, 0.15) is 30.2 Å². The molecule has 1 aromatic carbocycles. The van der Waals surface area contributed by atoms with Crippen LogP contribution in [0.2, 0.25) is 0 Å². The number of ether oxygens (including phenoxy) is 3. The number of aliphatic hydroxyl groups excluding tert-OH is 4. The second-order valence-electron chi connectivity index (χ2n) is 11.3. The van der Waals surface area contributed by atoms with Gasteiger partial charge in [-0.1, -0.05) is 27.3 Å². The van der Waals surface area contributed by atoms with Crippen LogP contribution in [0.5, 0.6) is 11.6 Å². The average Bonchev–Trinajstić information content (AvgIpc) is 3.30. The number of aromatic amines is 1. The lowest BCUT2D eigenvalue weighted by Gasteiger charge is -2.39. The van der Waals surface area contributed by atoms with Gasteiger partial charge in [-0.2, -0.15) is 0 Å². The number of aliphatic hydroxyl groups is 4. The first-order valence-corrected chi connectivity index (χ1v) is 13.6.